The zero-order valence-corrected chi connectivity index (χ0v) is 9.01. The molecule has 1 rings (SSSR count). The van der Waals surface area contributed by atoms with Crippen LogP contribution < -0.4 is 5.32 Å². The summed E-state index contributed by atoms with van der Waals surface area (Å²) in [7, 11) is 1.91. The molecular formula is C10H22N2O. The van der Waals surface area contributed by atoms with E-state index in [1.807, 2.05) is 7.05 Å². The summed E-state index contributed by atoms with van der Waals surface area (Å²) in [6, 6.07) is 0.782. The van der Waals surface area contributed by atoms with Gasteiger partial charge >= 0.3 is 0 Å². The van der Waals surface area contributed by atoms with Crippen molar-refractivity contribution in [2.75, 3.05) is 26.7 Å². The molecule has 0 saturated heterocycles. The Balaban J connectivity index is 2.42. The molecule has 0 aromatic carbocycles. The highest BCUT2D eigenvalue weighted by Gasteiger charge is 2.32. The normalized spacial score (nSPS) is 21.9. The minimum absolute atomic E-state index is 0.140. The zero-order chi connectivity index (χ0) is 9.90. The van der Waals surface area contributed by atoms with Gasteiger partial charge in [-0.15, -0.1) is 0 Å². The topological polar surface area (TPSA) is 35.5 Å². The molecule has 1 aliphatic rings. The molecule has 1 aliphatic carbocycles. The van der Waals surface area contributed by atoms with Crippen molar-refractivity contribution < 1.29 is 5.11 Å². The summed E-state index contributed by atoms with van der Waals surface area (Å²) in [5.41, 5.74) is -0.140. The van der Waals surface area contributed by atoms with Gasteiger partial charge in [0.1, 0.15) is 0 Å². The Hall–Kier alpha value is -0.120. The number of nitrogens with zero attached hydrogens (tertiary/aromatic N) is 1. The van der Waals surface area contributed by atoms with E-state index in [0.717, 1.165) is 19.1 Å². The summed E-state index contributed by atoms with van der Waals surface area (Å²) in [6.07, 6.45) is 2.66. The summed E-state index contributed by atoms with van der Waals surface area (Å²) >= 11 is 0. The number of rotatable bonds is 6. The predicted octanol–water partition coefficient (Wildman–Crippen LogP) is 0.441. The van der Waals surface area contributed by atoms with E-state index >= 15 is 0 Å². The van der Waals surface area contributed by atoms with Gasteiger partial charge in [0.2, 0.25) is 0 Å². The van der Waals surface area contributed by atoms with Crippen LogP contribution in [0.1, 0.15) is 26.7 Å². The molecule has 2 N–H and O–H groups in total. The van der Waals surface area contributed by atoms with Crippen molar-refractivity contribution in [2.45, 2.75) is 38.3 Å². The highest BCUT2D eigenvalue weighted by atomic mass is 16.3. The minimum atomic E-state index is -0.140. The van der Waals surface area contributed by atoms with Crippen molar-refractivity contribution in [1.29, 1.82) is 0 Å². The van der Waals surface area contributed by atoms with Crippen LogP contribution in [0, 0.1) is 0 Å². The van der Waals surface area contributed by atoms with Crippen LogP contribution in [-0.2, 0) is 0 Å². The van der Waals surface area contributed by atoms with E-state index < -0.39 is 0 Å². The first-order valence-electron chi connectivity index (χ1n) is 5.19. The molecule has 1 atom stereocenters. The number of hydrogen-bond acceptors (Lipinski definition) is 3. The first kappa shape index (κ1) is 11.0. The number of aliphatic hydroxyl groups is 1. The van der Waals surface area contributed by atoms with E-state index in [9.17, 15) is 5.11 Å². The Labute approximate surface area is 81.1 Å². The first-order valence-corrected chi connectivity index (χ1v) is 5.19. The minimum Gasteiger partial charge on any atom is -0.394 e. The van der Waals surface area contributed by atoms with Crippen molar-refractivity contribution in [1.82, 2.24) is 10.2 Å². The third-order valence-corrected chi connectivity index (χ3v) is 2.97. The van der Waals surface area contributed by atoms with Crippen molar-refractivity contribution >= 4 is 0 Å². The highest BCUT2D eigenvalue weighted by molar-refractivity contribution is 4.91. The van der Waals surface area contributed by atoms with Gasteiger partial charge in [-0.3, -0.25) is 4.90 Å². The number of nitrogens with one attached hydrogen (secondary N) is 1. The number of likely N-dealkylation sites (N-methyl/N-ethyl adjacent to an activating group) is 2. The molecule has 13 heavy (non-hydrogen) atoms. The average molecular weight is 186 g/mol. The molecule has 0 heterocycles. The van der Waals surface area contributed by atoms with Gasteiger partial charge in [-0.1, -0.05) is 6.92 Å². The van der Waals surface area contributed by atoms with Gasteiger partial charge in [-0.2, -0.15) is 0 Å². The predicted molar refractivity (Wildman–Crippen MR) is 54.8 cm³/mol. The van der Waals surface area contributed by atoms with E-state index in [2.05, 4.69) is 24.1 Å². The fourth-order valence-corrected chi connectivity index (χ4v) is 1.60. The molecule has 1 saturated carbocycles. The maximum atomic E-state index is 9.24. The molecule has 1 fully saturated rings. The fraction of sp³-hybridized carbons (Fsp3) is 1.00. The van der Waals surface area contributed by atoms with E-state index in [0.29, 0.717) is 0 Å². The second-order valence-electron chi connectivity index (χ2n) is 4.26. The second-order valence-corrected chi connectivity index (χ2v) is 4.26. The Morgan fingerprint density at radius 2 is 2.15 bits per heavy atom. The molecule has 0 bridgehead atoms. The molecule has 0 aromatic rings. The van der Waals surface area contributed by atoms with E-state index in [1.54, 1.807) is 0 Å². The van der Waals surface area contributed by atoms with Crippen molar-refractivity contribution in [3.8, 4) is 0 Å². The van der Waals surface area contributed by atoms with Gasteiger partial charge in [0.15, 0.2) is 0 Å². The standard InChI is InChI=1S/C10H22N2O/c1-4-12(9-5-6-9)7-10(2,8-13)11-3/h9,11,13H,4-8H2,1-3H3. The molecule has 0 aromatic heterocycles. The SMILES string of the molecule is CCN(CC(C)(CO)NC)C1CC1. The lowest BCUT2D eigenvalue weighted by molar-refractivity contribution is 0.125. The van der Waals surface area contributed by atoms with Gasteiger partial charge in [0.25, 0.3) is 0 Å². The van der Waals surface area contributed by atoms with Gasteiger partial charge in [0.05, 0.1) is 12.1 Å². The van der Waals surface area contributed by atoms with Crippen molar-refractivity contribution in [2.24, 2.45) is 0 Å². The van der Waals surface area contributed by atoms with E-state index in [-0.39, 0.29) is 12.1 Å². The van der Waals surface area contributed by atoms with Crippen LogP contribution in [0.15, 0.2) is 0 Å². The second kappa shape index (κ2) is 4.40. The smallest absolute Gasteiger partial charge is 0.0623 e. The summed E-state index contributed by atoms with van der Waals surface area (Å²) in [5, 5.41) is 12.4. The van der Waals surface area contributed by atoms with Crippen LogP contribution >= 0.6 is 0 Å². The van der Waals surface area contributed by atoms with Crippen LogP contribution in [0.4, 0.5) is 0 Å². The van der Waals surface area contributed by atoms with Crippen molar-refractivity contribution in [3.05, 3.63) is 0 Å². The molecule has 3 heteroatoms. The van der Waals surface area contributed by atoms with Crippen LogP contribution in [0.2, 0.25) is 0 Å². The van der Waals surface area contributed by atoms with Gasteiger partial charge in [0, 0.05) is 12.6 Å². The van der Waals surface area contributed by atoms with Crippen LogP contribution in [0.25, 0.3) is 0 Å². The molecule has 78 valence electrons. The van der Waals surface area contributed by atoms with Gasteiger partial charge < -0.3 is 10.4 Å². The van der Waals surface area contributed by atoms with Gasteiger partial charge in [-0.05, 0) is 33.4 Å². The average Bonchev–Trinajstić information content (AvgIpc) is 2.97. The molecule has 3 nitrogen and oxygen atoms in total. The first-order chi connectivity index (χ1) is 6.15. The lowest BCUT2D eigenvalue weighted by Gasteiger charge is -2.33. The number of aliphatic hydroxyl groups excluding tert-OH is 1. The monoisotopic (exact) mass is 186 g/mol. The van der Waals surface area contributed by atoms with E-state index in [1.165, 1.54) is 12.8 Å². The molecular weight excluding hydrogens is 164 g/mol. The Kier molecular flexibility index (Phi) is 3.71. The summed E-state index contributed by atoms with van der Waals surface area (Å²) in [6.45, 7) is 6.49. The third kappa shape index (κ3) is 2.93. The fourth-order valence-electron chi connectivity index (χ4n) is 1.60. The van der Waals surface area contributed by atoms with Crippen LogP contribution in [0.5, 0.6) is 0 Å². The molecule has 0 spiro atoms. The molecule has 0 aliphatic heterocycles. The summed E-state index contributed by atoms with van der Waals surface area (Å²) < 4.78 is 0. The van der Waals surface area contributed by atoms with Crippen LogP contribution in [0.3, 0.4) is 0 Å². The quantitative estimate of drug-likeness (QED) is 0.632. The summed E-state index contributed by atoms with van der Waals surface area (Å²) in [5.74, 6) is 0. The molecule has 1 unspecified atom stereocenters. The van der Waals surface area contributed by atoms with Crippen molar-refractivity contribution in [3.63, 3.8) is 0 Å². The largest absolute Gasteiger partial charge is 0.394 e. The summed E-state index contributed by atoms with van der Waals surface area (Å²) in [4.78, 5) is 2.45. The Bertz CT molecular complexity index is 153. The lowest BCUT2D eigenvalue weighted by Crippen LogP contribution is -2.53. The molecule has 0 radical (unpaired) electrons. The highest BCUT2D eigenvalue weighted by Crippen LogP contribution is 2.27. The molecule has 0 amide bonds. The third-order valence-electron chi connectivity index (χ3n) is 2.97. The maximum absolute atomic E-state index is 9.24. The zero-order valence-electron chi connectivity index (χ0n) is 9.01. The van der Waals surface area contributed by atoms with E-state index in [4.69, 9.17) is 0 Å². The Morgan fingerprint density at radius 3 is 2.46 bits per heavy atom. The number of hydrogen-bond donors (Lipinski definition) is 2. The van der Waals surface area contributed by atoms with Crippen LogP contribution in [-0.4, -0.2) is 48.3 Å². The Morgan fingerprint density at radius 1 is 1.54 bits per heavy atom. The maximum Gasteiger partial charge on any atom is 0.0623 e. The lowest BCUT2D eigenvalue weighted by atomic mass is 10.0. The van der Waals surface area contributed by atoms with Gasteiger partial charge in [-0.25, -0.2) is 0 Å².